The van der Waals surface area contributed by atoms with Crippen LogP contribution in [0, 0.1) is 5.92 Å². The first-order valence-corrected chi connectivity index (χ1v) is 6.77. The molecular formula is C15H20N2O3. The monoisotopic (exact) mass is 276 g/mol. The lowest BCUT2D eigenvalue weighted by Crippen LogP contribution is -2.55. The smallest absolute Gasteiger partial charge is 0.226 e. The van der Waals surface area contributed by atoms with E-state index < -0.39 is 0 Å². The molecule has 0 saturated carbocycles. The number of nitrogens with zero attached hydrogens (tertiary/aromatic N) is 1. The van der Waals surface area contributed by atoms with E-state index in [0.29, 0.717) is 19.6 Å². The number of carbonyl (C=O) groups excluding carboxylic acids is 2. The molecule has 1 aromatic rings. The SMILES string of the molecule is COc1ccccc1CCNC(=O)C1CN(C(C)=O)C1. The Morgan fingerprint density at radius 1 is 1.35 bits per heavy atom. The predicted molar refractivity (Wildman–Crippen MR) is 75.5 cm³/mol. The second-order valence-electron chi connectivity index (χ2n) is 4.97. The lowest BCUT2D eigenvalue weighted by Gasteiger charge is -2.37. The van der Waals surface area contributed by atoms with Crippen LogP contribution in [-0.2, 0) is 16.0 Å². The molecule has 1 saturated heterocycles. The zero-order valence-electron chi connectivity index (χ0n) is 11.9. The number of carbonyl (C=O) groups is 2. The summed E-state index contributed by atoms with van der Waals surface area (Å²) in [5.74, 6) is 0.838. The molecule has 0 atom stereocenters. The average molecular weight is 276 g/mol. The molecule has 0 spiro atoms. The summed E-state index contributed by atoms with van der Waals surface area (Å²) in [7, 11) is 1.64. The van der Waals surface area contributed by atoms with Gasteiger partial charge in [-0.05, 0) is 18.1 Å². The Bertz CT molecular complexity index is 496. The molecule has 0 unspecified atom stereocenters. The number of benzene rings is 1. The zero-order valence-corrected chi connectivity index (χ0v) is 11.9. The van der Waals surface area contributed by atoms with Crippen molar-refractivity contribution >= 4 is 11.8 Å². The maximum atomic E-state index is 11.9. The first-order chi connectivity index (χ1) is 9.61. The van der Waals surface area contributed by atoms with E-state index in [9.17, 15) is 9.59 Å². The Hall–Kier alpha value is -2.04. The molecule has 0 aliphatic carbocycles. The van der Waals surface area contributed by atoms with Gasteiger partial charge in [0.15, 0.2) is 0 Å². The van der Waals surface area contributed by atoms with Crippen molar-refractivity contribution in [3.05, 3.63) is 29.8 Å². The van der Waals surface area contributed by atoms with Crippen LogP contribution >= 0.6 is 0 Å². The number of methoxy groups -OCH3 is 1. The Morgan fingerprint density at radius 2 is 2.05 bits per heavy atom. The van der Waals surface area contributed by atoms with Gasteiger partial charge in [0, 0.05) is 26.6 Å². The van der Waals surface area contributed by atoms with E-state index in [1.807, 2.05) is 24.3 Å². The van der Waals surface area contributed by atoms with Crippen LogP contribution < -0.4 is 10.1 Å². The van der Waals surface area contributed by atoms with Gasteiger partial charge in [-0.25, -0.2) is 0 Å². The lowest BCUT2D eigenvalue weighted by atomic mass is 9.99. The van der Waals surface area contributed by atoms with Crippen molar-refractivity contribution in [3.8, 4) is 5.75 Å². The average Bonchev–Trinajstić information content (AvgIpc) is 2.37. The second-order valence-corrected chi connectivity index (χ2v) is 4.97. The number of para-hydroxylation sites is 1. The van der Waals surface area contributed by atoms with Crippen molar-refractivity contribution in [2.75, 3.05) is 26.7 Å². The minimum absolute atomic E-state index is 0.0254. The largest absolute Gasteiger partial charge is 0.496 e. The maximum absolute atomic E-state index is 11.9. The Labute approximate surface area is 118 Å². The fourth-order valence-corrected chi connectivity index (χ4v) is 2.28. The van der Waals surface area contributed by atoms with Crippen LogP contribution in [0.4, 0.5) is 0 Å². The Balaban J connectivity index is 1.74. The van der Waals surface area contributed by atoms with Crippen LogP contribution in [0.15, 0.2) is 24.3 Å². The van der Waals surface area contributed by atoms with E-state index in [4.69, 9.17) is 4.74 Å². The molecule has 108 valence electrons. The van der Waals surface area contributed by atoms with E-state index in [-0.39, 0.29) is 17.7 Å². The van der Waals surface area contributed by atoms with Crippen LogP contribution in [0.1, 0.15) is 12.5 Å². The number of hydrogen-bond acceptors (Lipinski definition) is 3. The molecule has 0 bridgehead atoms. The number of amides is 2. The van der Waals surface area contributed by atoms with Crippen LogP contribution in [-0.4, -0.2) is 43.5 Å². The van der Waals surface area contributed by atoms with Gasteiger partial charge < -0.3 is 15.0 Å². The van der Waals surface area contributed by atoms with Crippen molar-refractivity contribution in [2.24, 2.45) is 5.92 Å². The fourth-order valence-electron chi connectivity index (χ4n) is 2.28. The third-order valence-corrected chi connectivity index (χ3v) is 3.58. The van der Waals surface area contributed by atoms with Crippen molar-refractivity contribution in [3.63, 3.8) is 0 Å². The molecule has 1 aliphatic rings. The van der Waals surface area contributed by atoms with Gasteiger partial charge >= 0.3 is 0 Å². The number of likely N-dealkylation sites (tertiary alicyclic amines) is 1. The van der Waals surface area contributed by atoms with Crippen LogP contribution in [0.3, 0.4) is 0 Å². The lowest BCUT2D eigenvalue weighted by molar-refractivity contribution is -0.141. The Morgan fingerprint density at radius 3 is 2.70 bits per heavy atom. The molecule has 1 aliphatic heterocycles. The number of nitrogens with one attached hydrogen (secondary N) is 1. The highest BCUT2D eigenvalue weighted by atomic mass is 16.5. The zero-order chi connectivity index (χ0) is 14.5. The summed E-state index contributed by atoms with van der Waals surface area (Å²) in [6.45, 7) is 3.18. The second kappa shape index (κ2) is 6.41. The van der Waals surface area contributed by atoms with Gasteiger partial charge in [0.05, 0.1) is 13.0 Å². The molecule has 1 N–H and O–H groups in total. The molecule has 5 nitrogen and oxygen atoms in total. The summed E-state index contributed by atoms with van der Waals surface area (Å²) < 4.78 is 5.27. The van der Waals surface area contributed by atoms with Gasteiger partial charge in [-0.3, -0.25) is 9.59 Å². The molecule has 2 amide bonds. The predicted octanol–water partition coefficient (Wildman–Crippen LogP) is 0.832. The quantitative estimate of drug-likeness (QED) is 0.866. The topological polar surface area (TPSA) is 58.6 Å². The van der Waals surface area contributed by atoms with E-state index >= 15 is 0 Å². The first-order valence-electron chi connectivity index (χ1n) is 6.77. The summed E-state index contributed by atoms with van der Waals surface area (Å²) in [4.78, 5) is 24.6. The molecule has 1 aromatic carbocycles. The van der Waals surface area contributed by atoms with Crippen LogP contribution in [0.25, 0.3) is 0 Å². The third-order valence-electron chi connectivity index (χ3n) is 3.58. The van der Waals surface area contributed by atoms with Crippen molar-refractivity contribution in [2.45, 2.75) is 13.3 Å². The van der Waals surface area contributed by atoms with Crippen molar-refractivity contribution in [1.29, 1.82) is 0 Å². The summed E-state index contributed by atoms with van der Waals surface area (Å²) in [6.07, 6.45) is 0.735. The van der Waals surface area contributed by atoms with Crippen molar-refractivity contribution in [1.82, 2.24) is 10.2 Å². The highest BCUT2D eigenvalue weighted by Gasteiger charge is 2.33. The first kappa shape index (κ1) is 14.4. The number of rotatable bonds is 5. The summed E-state index contributed by atoms with van der Waals surface area (Å²) >= 11 is 0. The maximum Gasteiger partial charge on any atom is 0.226 e. The van der Waals surface area contributed by atoms with Gasteiger partial charge in [-0.1, -0.05) is 18.2 Å². The normalized spacial score (nSPS) is 14.6. The van der Waals surface area contributed by atoms with E-state index in [2.05, 4.69) is 5.32 Å². The molecule has 0 radical (unpaired) electrons. The molecule has 1 fully saturated rings. The molecule has 2 rings (SSSR count). The van der Waals surface area contributed by atoms with E-state index in [0.717, 1.165) is 17.7 Å². The van der Waals surface area contributed by atoms with E-state index in [1.165, 1.54) is 6.92 Å². The standard InChI is InChI=1S/C15H20N2O3/c1-11(18)17-9-13(10-17)15(19)16-8-7-12-5-3-4-6-14(12)20-2/h3-6,13H,7-10H2,1-2H3,(H,16,19). The highest BCUT2D eigenvalue weighted by molar-refractivity contribution is 5.83. The molecule has 1 heterocycles. The number of ether oxygens (including phenoxy) is 1. The van der Waals surface area contributed by atoms with Gasteiger partial charge in [0.25, 0.3) is 0 Å². The van der Waals surface area contributed by atoms with Crippen LogP contribution in [0.5, 0.6) is 5.75 Å². The summed E-state index contributed by atoms with van der Waals surface area (Å²) in [5, 5.41) is 2.91. The minimum Gasteiger partial charge on any atom is -0.496 e. The van der Waals surface area contributed by atoms with E-state index in [1.54, 1.807) is 12.0 Å². The van der Waals surface area contributed by atoms with Gasteiger partial charge in [0.1, 0.15) is 5.75 Å². The fraction of sp³-hybridized carbons (Fsp3) is 0.467. The summed E-state index contributed by atoms with van der Waals surface area (Å²) in [5.41, 5.74) is 1.08. The van der Waals surface area contributed by atoms with Crippen LogP contribution in [0.2, 0.25) is 0 Å². The minimum atomic E-state index is -0.0587. The Kier molecular flexibility index (Phi) is 4.61. The molecule has 20 heavy (non-hydrogen) atoms. The third kappa shape index (κ3) is 3.29. The van der Waals surface area contributed by atoms with Crippen molar-refractivity contribution < 1.29 is 14.3 Å². The highest BCUT2D eigenvalue weighted by Crippen LogP contribution is 2.18. The summed E-state index contributed by atoms with van der Waals surface area (Å²) in [6, 6.07) is 7.78. The number of hydrogen-bond donors (Lipinski definition) is 1. The van der Waals surface area contributed by atoms with Gasteiger partial charge in [0.2, 0.25) is 11.8 Å². The van der Waals surface area contributed by atoms with Gasteiger partial charge in [-0.15, -0.1) is 0 Å². The molecular weight excluding hydrogens is 256 g/mol. The molecule has 0 aromatic heterocycles. The van der Waals surface area contributed by atoms with Gasteiger partial charge in [-0.2, -0.15) is 0 Å². The molecule has 5 heteroatoms.